The van der Waals surface area contributed by atoms with E-state index in [2.05, 4.69) is 20.8 Å². The minimum Gasteiger partial charge on any atom is -0.369 e. The third-order valence-corrected chi connectivity index (χ3v) is 4.75. The van der Waals surface area contributed by atoms with E-state index in [4.69, 9.17) is 5.73 Å². The molecule has 2 aromatic rings. The van der Waals surface area contributed by atoms with Gasteiger partial charge in [0.25, 0.3) is 0 Å². The van der Waals surface area contributed by atoms with Gasteiger partial charge in [0, 0.05) is 11.6 Å². The molecule has 0 saturated heterocycles. The highest BCUT2D eigenvalue weighted by Crippen LogP contribution is 2.27. The lowest BCUT2D eigenvalue weighted by Gasteiger charge is -2.17. The highest BCUT2D eigenvalue weighted by Gasteiger charge is 2.32. The Hall–Kier alpha value is -2.48. The first-order valence-electron chi connectivity index (χ1n) is 7.39. The van der Waals surface area contributed by atoms with Gasteiger partial charge in [-0.3, -0.25) is 10.1 Å². The fraction of sp³-hybridized carbons (Fsp3) is 0.333. The number of nitrogens with two attached hydrogens (primary N) is 1. The highest BCUT2D eigenvalue weighted by molar-refractivity contribution is 7.18. The van der Waals surface area contributed by atoms with E-state index in [1.54, 1.807) is 0 Å². The summed E-state index contributed by atoms with van der Waals surface area (Å²) in [5.41, 5.74) is 6.30. The number of primary amides is 1. The summed E-state index contributed by atoms with van der Waals surface area (Å²) < 4.78 is 0. The molecule has 23 heavy (non-hydrogen) atoms. The molecular formula is C15H17N5O2S. The molecule has 1 aromatic heterocycles. The van der Waals surface area contributed by atoms with E-state index in [9.17, 15) is 9.59 Å². The minimum absolute atomic E-state index is 0.214. The Morgan fingerprint density at radius 3 is 2.70 bits per heavy atom. The van der Waals surface area contributed by atoms with Crippen molar-refractivity contribution in [1.82, 2.24) is 15.5 Å². The van der Waals surface area contributed by atoms with Crippen LogP contribution in [-0.4, -0.2) is 28.2 Å². The Labute approximate surface area is 137 Å². The average Bonchev–Trinajstić information content (AvgIpc) is 3.17. The minimum atomic E-state index is -0.390. The molecule has 1 aliphatic rings. The molecule has 0 aliphatic heterocycles. The van der Waals surface area contributed by atoms with Crippen LogP contribution in [0.15, 0.2) is 30.3 Å². The number of rotatable bonds is 4. The lowest BCUT2D eigenvalue weighted by molar-refractivity contribution is -0.122. The summed E-state index contributed by atoms with van der Waals surface area (Å²) >= 11 is 1.29. The molecule has 4 N–H and O–H groups in total. The van der Waals surface area contributed by atoms with Crippen molar-refractivity contribution in [3.05, 3.63) is 30.3 Å². The predicted octanol–water partition coefficient (Wildman–Crippen LogP) is 1.98. The summed E-state index contributed by atoms with van der Waals surface area (Å²) in [6.45, 7) is 0. The van der Waals surface area contributed by atoms with E-state index in [-0.39, 0.29) is 23.9 Å². The number of amides is 3. The number of hydrogen-bond donors (Lipinski definition) is 3. The first-order valence-corrected chi connectivity index (χ1v) is 8.21. The zero-order valence-electron chi connectivity index (χ0n) is 12.4. The molecule has 8 heteroatoms. The van der Waals surface area contributed by atoms with Gasteiger partial charge in [0.2, 0.25) is 11.0 Å². The van der Waals surface area contributed by atoms with Gasteiger partial charge in [0.05, 0.1) is 5.92 Å². The second kappa shape index (κ2) is 6.74. The number of carbonyl (C=O) groups excluding carboxylic acids is 2. The van der Waals surface area contributed by atoms with Crippen molar-refractivity contribution in [2.45, 2.75) is 25.3 Å². The summed E-state index contributed by atoms with van der Waals surface area (Å²) in [5, 5.41) is 14.6. The van der Waals surface area contributed by atoms with Crippen LogP contribution in [0.5, 0.6) is 0 Å². The van der Waals surface area contributed by atoms with Crippen molar-refractivity contribution >= 4 is 28.4 Å². The Morgan fingerprint density at radius 2 is 1.96 bits per heavy atom. The molecule has 1 heterocycles. The largest absolute Gasteiger partial charge is 0.369 e. The van der Waals surface area contributed by atoms with Crippen LogP contribution in [0.2, 0.25) is 0 Å². The van der Waals surface area contributed by atoms with Crippen molar-refractivity contribution in [2.24, 2.45) is 11.7 Å². The molecule has 0 spiro atoms. The maximum Gasteiger partial charge on any atom is 0.321 e. The van der Waals surface area contributed by atoms with Gasteiger partial charge in [-0.15, -0.1) is 10.2 Å². The lowest BCUT2D eigenvalue weighted by atomic mass is 10.0. The van der Waals surface area contributed by atoms with Crippen molar-refractivity contribution < 1.29 is 9.59 Å². The van der Waals surface area contributed by atoms with Gasteiger partial charge >= 0.3 is 6.03 Å². The van der Waals surface area contributed by atoms with Crippen molar-refractivity contribution in [3.8, 4) is 10.6 Å². The van der Waals surface area contributed by atoms with Crippen molar-refractivity contribution in [2.75, 3.05) is 5.32 Å². The standard InChI is InChI=1S/C15H17N5O2S/c16-12(21)10-7-4-8-11(10)17-14(22)18-15-20-19-13(23-15)9-5-2-1-3-6-9/h1-3,5-6,10-11H,4,7-8H2,(H2,16,21)(H2,17,18,20,22)/t10-,11-/m1/s1. The Balaban J connectivity index is 1.60. The second-order valence-corrected chi connectivity index (χ2v) is 6.40. The number of anilines is 1. The zero-order valence-corrected chi connectivity index (χ0v) is 13.2. The monoisotopic (exact) mass is 331 g/mol. The number of urea groups is 1. The fourth-order valence-corrected chi connectivity index (χ4v) is 3.49. The molecule has 1 saturated carbocycles. The predicted molar refractivity (Wildman–Crippen MR) is 87.8 cm³/mol. The van der Waals surface area contributed by atoms with E-state index in [0.717, 1.165) is 29.8 Å². The summed E-state index contributed by atoms with van der Waals surface area (Å²) in [5.74, 6) is -0.662. The van der Waals surface area contributed by atoms with Gasteiger partial charge in [-0.1, -0.05) is 48.1 Å². The van der Waals surface area contributed by atoms with Gasteiger partial charge in [-0.2, -0.15) is 0 Å². The van der Waals surface area contributed by atoms with Crippen molar-refractivity contribution in [1.29, 1.82) is 0 Å². The van der Waals surface area contributed by atoms with Crippen LogP contribution < -0.4 is 16.4 Å². The van der Waals surface area contributed by atoms with E-state index >= 15 is 0 Å². The smallest absolute Gasteiger partial charge is 0.321 e. The van der Waals surface area contributed by atoms with Crippen LogP contribution in [-0.2, 0) is 4.79 Å². The van der Waals surface area contributed by atoms with Crippen LogP contribution in [0.3, 0.4) is 0 Å². The first kappa shape index (κ1) is 15.4. The maximum absolute atomic E-state index is 12.0. The Bertz CT molecular complexity index is 703. The highest BCUT2D eigenvalue weighted by atomic mass is 32.1. The molecule has 1 aromatic carbocycles. The van der Waals surface area contributed by atoms with Gasteiger partial charge in [-0.25, -0.2) is 4.79 Å². The number of benzene rings is 1. The molecule has 0 bridgehead atoms. The number of carbonyl (C=O) groups is 2. The third kappa shape index (κ3) is 3.65. The average molecular weight is 331 g/mol. The zero-order chi connectivity index (χ0) is 16.2. The molecule has 0 unspecified atom stereocenters. The van der Waals surface area contributed by atoms with E-state index in [0.29, 0.717) is 5.13 Å². The van der Waals surface area contributed by atoms with Gasteiger partial charge < -0.3 is 11.1 Å². The van der Waals surface area contributed by atoms with Gasteiger partial charge in [-0.05, 0) is 12.8 Å². The molecule has 7 nitrogen and oxygen atoms in total. The Morgan fingerprint density at radius 1 is 1.17 bits per heavy atom. The van der Waals surface area contributed by atoms with E-state index < -0.39 is 0 Å². The molecule has 0 radical (unpaired) electrons. The SMILES string of the molecule is NC(=O)[C@@H]1CCC[C@H]1NC(=O)Nc1nnc(-c2ccccc2)s1. The van der Waals surface area contributed by atoms with Crippen LogP contribution >= 0.6 is 11.3 Å². The quantitative estimate of drug-likeness (QED) is 0.795. The summed E-state index contributed by atoms with van der Waals surface area (Å²) in [4.78, 5) is 23.4. The molecular weight excluding hydrogens is 314 g/mol. The number of nitrogens with zero attached hydrogens (tertiary/aromatic N) is 2. The summed E-state index contributed by atoms with van der Waals surface area (Å²) in [6.07, 6.45) is 2.36. The molecule has 3 amide bonds. The van der Waals surface area contributed by atoms with Crippen LogP contribution in [0, 0.1) is 5.92 Å². The number of aromatic nitrogens is 2. The summed E-state index contributed by atoms with van der Waals surface area (Å²) in [6, 6.07) is 9.02. The van der Waals surface area contributed by atoms with E-state index in [1.807, 2.05) is 30.3 Å². The Kier molecular flexibility index (Phi) is 4.52. The molecule has 120 valence electrons. The van der Waals surface area contributed by atoms with Crippen LogP contribution in [0.4, 0.5) is 9.93 Å². The molecule has 1 fully saturated rings. The van der Waals surface area contributed by atoms with Crippen LogP contribution in [0.1, 0.15) is 19.3 Å². The lowest BCUT2D eigenvalue weighted by Crippen LogP contribution is -2.44. The summed E-state index contributed by atoms with van der Waals surface area (Å²) in [7, 11) is 0. The third-order valence-electron chi connectivity index (χ3n) is 3.86. The normalized spacial score (nSPS) is 20.2. The maximum atomic E-state index is 12.0. The molecule has 1 aliphatic carbocycles. The number of nitrogens with one attached hydrogen (secondary N) is 2. The molecule has 3 rings (SSSR count). The van der Waals surface area contributed by atoms with Crippen LogP contribution in [0.25, 0.3) is 10.6 Å². The van der Waals surface area contributed by atoms with Gasteiger partial charge in [0.1, 0.15) is 5.01 Å². The second-order valence-electron chi connectivity index (χ2n) is 5.42. The van der Waals surface area contributed by atoms with Crippen molar-refractivity contribution in [3.63, 3.8) is 0 Å². The topological polar surface area (TPSA) is 110 Å². The van der Waals surface area contributed by atoms with Gasteiger partial charge in [0.15, 0.2) is 0 Å². The fourth-order valence-electron chi connectivity index (χ4n) is 2.75. The molecule has 2 atom stereocenters. The number of hydrogen-bond acceptors (Lipinski definition) is 5. The first-order chi connectivity index (χ1) is 11.1. The van der Waals surface area contributed by atoms with E-state index in [1.165, 1.54) is 11.3 Å².